The molecule has 0 unspecified atom stereocenters. The van der Waals surface area contributed by atoms with Gasteiger partial charge in [-0.15, -0.1) is 0 Å². The molecular formula is C15H14N4O2. The predicted octanol–water partition coefficient (Wildman–Crippen LogP) is 1.99. The number of aryl methyl sites for hydroxylation is 1. The Labute approximate surface area is 120 Å². The summed E-state index contributed by atoms with van der Waals surface area (Å²) in [5, 5.41) is 6.79. The van der Waals surface area contributed by atoms with Crippen molar-refractivity contribution >= 4 is 16.8 Å². The summed E-state index contributed by atoms with van der Waals surface area (Å²) in [6, 6.07) is 5.42. The van der Waals surface area contributed by atoms with E-state index in [1.165, 1.54) is 10.8 Å². The first-order chi connectivity index (χ1) is 10.2. The van der Waals surface area contributed by atoms with Crippen LogP contribution in [0.15, 0.2) is 29.2 Å². The Morgan fingerprint density at radius 3 is 2.71 bits per heavy atom. The number of fused-ring (bicyclic) bond motifs is 4. The monoisotopic (exact) mass is 282 g/mol. The van der Waals surface area contributed by atoms with E-state index in [1.54, 1.807) is 12.1 Å². The lowest BCUT2D eigenvalue weighted by molar-refractivity contribution is 0.103. The van der Waals surface area contributed by atoms with E-state index in [0.717, 1.165) is 5.56 Å². The highest BCUT2D eigenvalue weighted by Crippen LogP contribution is 2.26. The number of carbonyl (C=O) groups is 1. The van der Waals surface area contributed by atoms with Crippen LogP contribution in [0.2, 0.25) is 0 Å². The van der Waals surface area contributed by atoms with Crippen molar-refractivity contribution in [1.82, 2.24) is 19.7 Å². The molecule has 106 valence electrons. The van der Waals surface area contributed by atoms with Gasteiger partial charge in [0.1, 0.15) is 5.39 Å². The number of carbonyl (C=O) groups excluding carboxylic acids is 1. The molecule has 1 aliphatic heterocycles. The molecule has 1 aliphatic rings. The molecule has 21 heavy (non-hydrogen) atoms. The third kappa shape index (κ3) is 1.72. The minimum atomic E-state index is -0.273. The lowest BCUT2D eigenvalue weighted by atomic mass is 10.1. The first-order valence-corrected chi connectivity index (χ1v) is 6.78. The van der Waals surface area contributed by atoms with Crippen LogP contribution in [0, 0.1) is 6.92 Å². The number of aromatic amines is 1. The summed E-state index contributed by atoms with van der Waals surface area (Å²) in [4.78, 5) is 28.9. The van der Waals surface area contributed by atoms with Crippen LogP contribution in [0.1, 0.15) is 35.6 Å². The molecule has 0 aliphatic carbocycles. The third-order valence-electron chi connectivity index (χ3n) is 3.32. The normalized spacial score (nSPS) is 11.9. The molecule has 0 atom stereocenters. The lowest BCUT2D eigenvalue weighted by Crippen LogP contribution is -2.20. The zero-order valence-electron chi connectivity index (χ0n) is 12.0. The van der Waals surface area contributed by atoms with Gasteiger partial charge in [0.05, 0.1) is 17.4 Å². The van der Waals surface area contributed by atoms with Gasteiger partial charge < -0.3 is 0 Å². The van der Waals surface area contributed by atoms with Crippen LogP contribution >= 0.6 is 0 Å². The summed E-state index contributed by atoms with van der Waals surface area (Å²) in [5.41, 5.74) is 2.15. The minimum absolute atomic E-state index is 0.141. The quantitative estimate of drug-likeness (QED) is 0.535. The number of hydrogen-bond donors (Lipinski definition) is 1. The van der Waals surface area contributed by atoms with Crippen LogP contribution in [-0.4, -0.2) is 25.5 Å². The topological polar surface area (TPSA) is 80.6 Å². The molecule has 0 spiro atoms. The second-order valence-corrected chi connectivity index (χ2v) is 4.56. The van der Waals surface area contributed by atoms with Crippen LogP contribution in [0.4, 0.5) is 0 Å². The number of nitrogens with zero attached hydrogens (tertiary/aromatic N) is 3. The van der Waals surface area contributed by atoms with Gasteiger partial charge in [0.15, 0.2) is 11.5 Å². The molecule has 4 rings (SSSR count). The molecule has 3 aromatic rings. The fourth-order valence-electron chi connectivity index (χ4n) is 2.42. The predicted molar refractivity (Wildman–Crippen MR) is 79.0 cm³/mol. The largest absolute Gasteiger partial charge is 0.285 e. The van der Waals surface area contributed by atoms with Gasteiger partial charge in [-0.1, -0.05) is 25.5 Å². The molecule has 0 radical (unpaired) electrons. The molecule has 0 saturated heterocycles. The number of nitrogens with one attached hydrogen (secondary N) is 1. The Balaban J connectivity index is 0.000000636. The van der Waals surface area contributed by atoms with E-state index >= 15 is 0 Å². The van der Waals surface area contributed by atoms with Crippen molar-refractivity contribution in [3.8, 4) is 5.69 Å². The Bertz CT molecular complexity index is 921. The number of ketones is 1. The van der Waals surface area contributed by atoms with E-state index in [2.05, 4.69) is 15.2 Å². The van der Waals surface area contributed by atoms with E-state index < -0.39 is 0 Å². The molecular weight excluding hydrogens is 268 g/mol. The number of H-pyrrole nitrogens is 1. The maximum atomic E-state index is 12.4. The number of rotatable bonds is 0. The second-order valence-electron chi connectivity index (χ2n) is 4.56. The maximum Gasteiger partial charge on any atom is 0.269 e. The molecule has 1 N–H and O–H groups in total. The third-order valence-corrected chi connectivity index (χ3v) is 3.32. The van der Waals surface area contributed by atoms with Gasteiger partial charge in [0.25, 0.3) is 5.56 Å². The number of benzene rings is 1. The number of hydrogen-bond acceptors (Lipinski definition) is 4. The zero-order chi connectivity index (χ0) is 15.1. The zero-order valence-corrected chi connectivity index (χ0v) is 12.0. The summed E-state index contributed by atoms with van der Waals surface area (Å²) in [7, 11) is 0. The Kier molecular flexibility index (Phi) is 2.94. The average Bonchev–Trinajstić information content (AvgIpc) is 3.07. The van der Waals surface area contributed by atoms with Crippen molar-refractivity contribution in [3.63, 3.8) is 0 Å². The fraction of sp³-hybridized carbons (Fsp3) is 0.200. The lowest BCUT2D eigenvalue weighted by Gasteiger charge is -2.03. The van der Waals surface area contributed by atoms with Crippen molar-refractivity contribution in [3.05, 3.63) is 51.7 Å². The molecule has 0 bridgehead atoms. The van der Waals surface area contributed by atoms with E-state index in [0.29, 0.717) is 22.3 Å². The van der Waals surface area contributed by atoms with Crippen molar-refractivity contribution in [2.24, 2.45) is 0 Å². The smallest absolute Gasteiger partial charge is 0.269 e. The molecule has 2 aromatic heterocycles. The summed E-state index contributed by atoms with van der Waals surface area (Å²) in [6.07, 6.45) is 1.43. The van der Waals surface area contributed by atoms with Gasteiger partial charge in [-0.05, 0) is 19.1 Å². The van der Waals surface area contributed by atoms with Gasteiger partial charge in [-0.25, -0.2) is 4.98 Å². The highest BCUT2D eigenvalue weighted by Gasteiger charge is 2.30. The van der Waals surface area contributed by atoms with Gasteiger partial charge >= 0.3 is 0 Å². The molecule has 3 heterocycles. The molecule has 0 saturated carbocycles. The average molecular weight is 282 g/mol. The summed E-state index contributed by atoms with van der Waals surface area (Å²) in [6.45, 7) is 5.90. The second kappa shape index (κ2) is 4.66. The van der Waals surface area contributed by atoms with Gasteiger partial charge in [0, 0.05) is 0 Å². The first-order valence-electron chi connectivity index (χ1n) is 6.78. The number of aromatic nitrogens is 4. The molecule has 0 fully saturated rings. The van der Waals surface area contributed by atoms with Crippen molar-refractivity contribution in [2.45, 2.75) is 20.8 Å². The SMILES string of the molecule is CC.Cc1ccc2c(c1)C(=O)c1nc3[nH]ncc3c(=O)n1-2. The highest BCUT2D eigenvalue weighted by atomic mass is 16.1. The van der Waals surface area contributed by atoms with E-state index in [9.17, 15) is 9.59 Å². The Morgan fingerprint density at radius 1 is 1.19 bits per heavy atom. The van der Waals surface area contributed by atoms with Crippen molar-refractivity contribution < 1.29 is 4.79 Å². The Hall–Kier alpha value is -2.76. The van der Waals surface area contributed by atoms with Gasteiger partial charge in [-0.3, -0.25) is 19.3 Å². The van der Waals surface area contributed by atoms with Crippen molar-refractivity contribution in [2.75, 3.05) is 0 Å². The van der Waals surface area contributed by atoms with E-state index in [-0.39, 0.29) is 17.2 Å². The van der Waals surface area contributed by atoms with Crippen LogP contribution in [0.25, 0.3) is 16.7 Å². The highest BCUT2D eigenvalue weighted by molar-refractivity contribution is 6.13. The fourth-order valence-corrected chi connectivity index (χ4v) is 2.42. The molecule has 0 amide bonds. The van der Waals surface area contributed by atoms with Crippen molar-refractivity contribution in [1.29, 1.82) is 0 Å². The van der Waals surface area contributed by atoms with Crippen LogP contribution < -0.4 is 5.56 Å². The van der Waals surface area contributed by atoms with Crippen LogP contribution in [0.3, 0.4) is 0 Å². The Morgan fingerprint density at radius 2 is 1.95 bits per heavy atom. The summed E-state index contributed by atoms with van der Waals surface area (Å²) >= 11 is 0. The summed E-state index contributed by atoms with van der Waals surface area (Å²) < 4.78 is 1.36. The standard InChI is InChI=1S/C13H8N4O2.C2H6/c1-6-2-3-9-7(4-6)10(18)12-15-11-8(5-14-16-11)13(19)17(9)12;1-2/h2-5H,1H3,(H,14,16);1-2H3. The minimum Gasteiger partial charge on any atom is -0.285 e. The van der Waals surface area contributed by atoms with Crippen LogP contribution in [0.5, 0.6) is 0 Å². The van der Waals surface area contributed by atoms with E-state index in [1.807, 2.05) is 26.8 Å². The van der Waals surface area contributed by atoms with Crippen LogP contribution in [-0.2, 0) is 0 Å². The molecule has 1 aromatic carbocycles. The summed E-state index contributed by atoms with van der Waals surface area (Å²) in [5.74, 6) is -0.0883. The van der Waals surface area contributed by atoms with E-state index in [4.69, 9.17) is 0 Å². The van der Waals surface area contributed by atoms with Gasteiger partial charge in [0.2, 0.25) is 5.78 Å². The maximum absolute atomic E-state index is 12.4. The molecule has 6 nitrogen and oxygen atoms in total. The molecule has 6 heteroatoms. The first kappa shape index (κ1) is 13.2. The van der Waals surface area contributed by atoms with Gasteiger partial charge in [-0.2, -0.15) is 5.10 Å².